The molecule has 0 aliphatic rings. The first-order valence-corrected chi connectivity index (χ1v) is 5.78. The van der Waals surface area contributed by atoms with Crippen LogP contribution in [0.15, 0.2) is 42.5 Å². The van der Waals surface area contributed by atoms with Crippen LogP contribution in [0.1, 0.15) is 16.7 Å². The van der Waals surface area contributed by atoms with Crippen molar-refractivity contribution in [3.8, 4) is 6.07 Å². The summed E-state index contributed by atoms with van der Waals surface area (Å²) >= 11 is 0. The topological polar surface area (TPSA) is 61.8 Å². The van der Waals surface area contributed by atoms with Gasteiger partial charge in [0.15, 0.2) is 0 Å². The fourth-order valence-electron chi connectivity index (χ4n) is 1.79. The lowest BCUT2D eigenvalue weighted by Gasteiger charge is -2.11. The summed E-state index contributed by atoms with van der Waals surface area (Å²) in [5.74, 6) is 0. The number of benzene rings is 2. The highest BCUT2D eigenvalue weighted by Crippen LogP contribution is 2.21. The molecular weight excluding hydrogens is 222 g/mol. The molecule has 0 aliphatic heterocycles. The third-order valence-corrected chi connectivity index (χ3v) is 2.91. The summed E-state index contributed by atoms with van der Waals surface area (Å²) in [6, 6.07) is 15.5. The maximum absolute atomic E-state index is 8.84. The second-order valence-corrected chi connectivity index (χ2v) is 4.19. The number of hydrogen-bond acceptors (Lipinski definition) is 3. The van der Waals surface area contributed by atoms with E-state index in [1.807, 2.05) is 43.3 Å². The van der Waals surface area contributed by atoms with Crippen LogP contribution in [-0.4, -0.2) is 0 Å². The molecule has 0 fully saturated rings. The maximum Gasteiger partial charge on any atom is 0.0991 e. The number of anilines is 2. The van der Waals surface area contributed by atoms with E-state index in [4.69, 9.17) is 11.0 Å². The number of nitrogens with zero attached hydrogens (tertiary/aromatic N) is 1. The van der Waals surface area contributed by atoms with E-state index in [-0.39, 0.29) is 0 Å². The smallest absolute Gasteiger partial charge is 0.0991 e. The Bertz CT molecular complexity index is 597. The molecule has 3 N–H and O–H groups in total. The molecule has 2 aromatic rings. The van der Waals surface area contributed by atoms with Gasteiger partial charge in [0.25, 0.3) is 0 Å². The fraction of sp³-hybridized carbons (Fsp3) is 0.133. The molecule has 2 rings (SSSR count). The molecule has 3 nitrogen and oxygen atoms in total. The molecular formula is C15H15N3. The van der Waals surface area contributed by atoms with Gasteiger partial charge in [0.05, 0.1) is 11.6 Å². The molecule has 0 aliphatic carbocycles. The average molecular weight is 237 g/mol. The fourth-order valence-corrected chi connectivity index (χ4v) is 1.79. The first kappa shape index (κ1) is 12.0. The van der Waals surface area contributed by atoms with Gasteiger partial charge in [-0.05, 0) is 42.3 Å². The predicted molar refractivity (Wildman–Crippen MR) is 74.1 cm³/mol. The minimum Gasteiger partial charge on any atom is -0.398 e. The molecule has 2 aromatic carbocycles. The van der Waals surface area contributed by atoms with E-state index in [9.17, 15) is 0 Å². The van der Waals surface area contributed by atoms with Gasteiger partial charge < -0.3 is 11.1 Å². The number of nitrogens with one attached hydrogen (secondary N) is 1. The first-order chi connectivity index (χ1) is 8.70. The normalized spacial score (nSPS) is 9.78. The summed E-state index contributed by atoms with van der Waals surface area (Å²) in [5, 5.41) is 12.2. The third kappa shape index (κ3) is 2.61. The zero-order valence-corrected chi connectivity index (χ0v) is 10.3. The van der Waals surface area contributed by atoms with Gasteiger partial charge >= 0.3 is 0 Å². The average Bonchev–Trinajstić information content (AvgIpc) is 2.41. The Morgan fingerprint density at radius 2 is 2.00 bits per heavy atom. The molecule has 0 unspecified atom stereocenters. The summed E-state index contributed by atoms with van der Waals surface area (Å²) < 4.78 is 0. The monoisotopic (exact) mass is 237 g/mol. The van der Waals surface area contributed by atoms with Crippen molar-refractivity contribution in [1.29, 1.82) is 5.26 Å². The van der Waals surface area contributed by atoms with Crippen molar-refractivity contribution in [2.45, 2.75) is 13.5 Å². The SMILES string of the molecule is Cc1c(N)cccc1NCc1cccc(C#N)c1. The Labute approximate surface area is 107 Å². The molecule has 0 saturated carbocycles. The van der Waals surface area contributed by atoms with Gasteiger partial charge in [-0.25, -0.2) is 0 Å². The summed E-state index contributed by atoms with van der Waals surface area (Å²) in [4.78, 5) is 0. The molecule has 0 bridgehead atoms. The van der Waals surface area contributed by atoms with E-state index in [1.54, 1.807) is 6.07 Å². The van der Waals surface area contributed by atoms with Crippen LogP contribution in [0.2, 0.25) is 0 Å². The Morgan fingerprint density at radius 1 is 1.22 bits per heavy atom. The van der Waals surface area contributed by atoms with E-state index >= 15 is 0 Å². The van der Waals surface area contributed by atoms with Crippen molar-refractivity contribution in [2.75, 3.05) is 11.1 Å². The number of nitriles is 1. The van der Waals surface area contributed by atoms with Crippen LogP contribution >= 0.6 is 0 Å². The highest BCUT2D eigenvalue weighted by molar-refractivity contribution is 5.62. The molecule has 18 heavy (non-hydrogen) atoms. The lowest BCUT2D eigenvalue weighted by atomic mass is 10.1. The van der Waals surface area contributed by atoms with Crippen LogP contribution in [0.3, 0.4) is 0 Å². The van der Waals surface area contributed by atoms with Gasteiger partial charge in [-0.2, -0.15) is 5.26 Å². The molecule has 0 heterocycles. The second-order valence-electron chi connectivity index (χ2n) is 4.19. The first-order valence-electron chi connectivity index (χ1n) is 5.78. The Balaban J connectivity index is 2.12. The van der Waals surface area contributed by atoms with Crippen molar-refractivity contribution in [3.63, 3.8) is 0 Å². The number of rotatable bonds is 3. The highest BCUT2D eigenvalue weighted by Gasteiger charge is 2.01. The van der Waals surface area contributed by atoms with E-state index in [2.05, 4.69) is 11.4 Å². The van der Waals surface area contributed by atoms with E-state index < -0.39 is 0 Å². The van der Waals surface area contributed by atoms with Crippen LogP contribution < -0.4 is 11.1 Å². The molecule has 0 aromatic heterocycles. The van der Waals surface area contributed by atoms with Crippen LogP contribution in [0, 0.1) is 18.3 Å². The van der Waals surface area contributed by atoms with Gasteiger partial charge in [0, 0.05) is 17.9 Å². The summed E-state index contributed by atoms with van der Waals surface area (Å²) in [6.07, 6.45) is 0. The van der Waals surface area contributed by atoms with E-state index in [1.165, 1.54) is 0 Å². The Morgan fingerprint density at radius 3 is 2.78 bits per heavy atom. The standard InChI is InChI=1S/C15H15N3/c1-11-14(17)6-3-7-15(11)18-10-13-5-2-4-12(8-13)9-16/h2-8,18H,10,17H2,1H3. The largest absolute Gasteiger partial charge is 0.398 e. The molecule has 90 valence electrons. The van der Waals surface area contributed by atoms with Crippen molar-refractivity contribution in [2.24, 2.45) is 0 Å². The van der Waals surface area contributed by atoms with Crippen molar-refractivity contribution in [3.05, 3.63) is 59.2 Å². The Hall–Kier alpha value is -2.47. The maximum atomic E-state index is 8.84. The van der Waals surface area contributed by atoms with Crippen LogP contribution in [0.25, 0.3) is 0 Å². The van der Waals surface area contributed by atoms with Gasteiger partial charge in [-0.15, -0.1) is 0 Å². The highest BCUT2D eigenvalue weighted by atomic mass is 14.9. The van der Waals surface area contributed by atoms with Gasteiger partial charge in [0.2, 0.25) is 0 Å². The lowest BCUT2D eigenvalue weighted by molar-refractivity contribution is 1.14. The molecule has 0 atom stereocenters. The van der Waals surface area contributed by atoms with Crippen molar-refractivity contribution in [1.82, 2.24) is 0 Å². The molecule has 0 amide bonds. The lowest BCUT2D eigenvalue weighted by Crippen LogP contribution is -2.02. The van der Waals surface area contributed by atoms with E-state index in [0.29, 0.717) is 12.1 Å². The molecule has 3 heteroatoms. The van der Waals surface area contributed by atoms with Crippen LogP contribution in [0.4, 0.5) is 11.4 Å². The number of hydrogen-bond donors (Lipinski definition) is 2. The molecule has 0 saturated heterocycles. The Kier molecular flexibility index (Phi) is 3.49. The van der Waals surface area contributed by atoms with Gasteiger partial charge in [-0.3, -0.25) is 0 Å². The number of nitrogens with two attached hydrogens (primary N) is 1. The zero-order chi connectivity index (χ0) is 13.0. The quantitative estimate of drug-likeness (QED) is 0.806. The molecule has 0 spiro atoms. The summed E-state index contributed by atoms with van der Waals surface area (Å²) in [7, 11) is 0. The summed E-state index contributed by atoms with van der Waals surface area (Å²) in [5.41, 5.74) is 10.5. The van der Waals surface area contributed by atoms with Gasteiger partial charge in [0.1, 0.15) is 0 Å². The van der Waals surface area contributed by atoms with Crippen molar-refractivity contribution >= 4 is 11.4 Å². The van der Waals surface area contributed by atoms with Gasteiger partial charge in [-0.1, -0.05) is 18.2 Å². The summed E-state index contributed by atoms with van der Waals surface area (Å²) in [6.45, 7) is 2.67. The second kappa shape index (κ2) is 5.24. The van der Waals surface area contributed by atoms with E-state index in [0.717, 1.165) is 22.5 Å². The van der Waals surface area contributed by atoms with Crippen molar-refractivity contribution < 1.29 is 0 Å². The minimum absolute atomic E-state index is 0.679. The minimum atomic E-state index is 0.679. The van der Waals surface area contributed by atoms with Crippen LogP contribution in [-0.2, 0) is 6.54 Å². The third-order valence-electron chi connectivity index (χ3n) is 2.91. The van der Waals surface area contributed by atoms with Crippen LogP contribution in [0.5, 0.6) is 0 Å². The molecule has 0 radical (unpaired) electrons. The predicted octanol–water partition coefficient (Wildman–Crippen LogP) is 3.06. The number of nitrogen functional groups attached to an aromatic ring is 1. The zero-order valence-electron chi connectivity index (χ0n) is 10.3.